The molecule has 3 aromatic rings. The summed E-state index contributed by atoms with van der Waals surface area (Å²) in [6.07, 6.45) is 2.74. The molecule has 25 heavy (non-hydrogen) atoms. The maximum Gasteiger partial charge on any atom is 0.141 e. The highest BCUT2D eigenvalue weighted by molar-refractivity contribution is 5.80. The smallest absolute Gasteiger partial charge is 0.141 e. The predicted molar refractivity (Wildman–Crippen MR) is 92.8 cm³/mol. The van der Waals surface area contributed by atoms with Crippen LogP contribution in [0.4, 0.5) is 8.78 Å². The van der Waals surface area contributed by atoms with E-state index in [1.165, 1.54) is 18.2 Å². The van der Waals surface area contributed by atoms with E-state index in [2.05, 4.69) is 9.97 Å². The lowest BCUT2D eigenvalue weighted by atomic mass is 10.0. The summed E-state index contributed by atoms with van der Waals surface area (Å²) in [6, 6.07) is 12.7. The number of halogens is 2. The third-order valence-electron chi connectivity index (χ3n) is 4.23. The molecule has 1 aliphatic rings. The zero-order valence-electron chi connectivity index (χ0n) is 13.4. The Kier molecular flexibility index (Phi) is 4.15. The lowest BCUT2D eigenvalue weighted by Crippen LogP contribution is -2.04. The van der Waals surface area contributed by atoms with Gasteiger partial charge in [-0.3, -0.25) is 0 Å². The molecule has 0 bridgehead atoms. The minimum absolute atomic E-state index is 0.305. The molecule has 0 unspecified atom stereocenters. The van der Waals surface area contributed by atoms with Crippen molar-refractivity contribution in [3.63, 3.8) is 0 Å². The van der Waals surface area contributed by atoms with Crippen molar-refractivity contribution >= 4 is 5.57 Å². The van der Waals surface area contributed by atoms with Gasteiger partial charge in [0.15, 0.2) is 0 Å². The van der Waals surface area contributed by atoms with E-state index in [0.29, 0.717) is 30.3 Å². The number of H-pyrrole nitrogens is 1. The Morgan fingerprint density at radius 2 is 1.80 bits per heavy atom. The Labute approximate surface area is 144 Å². The standard InChI is InChI=1S/C20H16F2N2O/c21-15-7-5-13(6-8-15)18-19(14-9-11-25-12-10-14)24-20(23-18)16-3-1-2-4-17(16)22/h1-9H,10-12H2,(H,23,24). The Balaban J connectivity index is 1.87. The van der Waals surface area contributed by atoms with Gasteiger partial charge in [0.25, 0.3) is 0 Å². The van der Waals surface area contributed by atoms with Crippen molar-refractivity contribution in [1.29, 1.82) is 0 Å². The first-order chi connectivity index (χ1) is 12.2. The summed E-state index contributed by atoms with van der Waals surface area (Å²) in [6.45, 7) is 1.16. The van der Waals surface area contributed by atoms with Gasteiger partial charge in [-0.15, -0.1) is 0 Å². The number of benzene rings is 2. The first-order valence-corrected chi connectivity index (χ1v) is 8.10. The molecule has 0 amide bonds. The number of nitrogens with zero attached hydrogens (tertiary/aromatic N) is 1. The molecule has 0 fully saturated rings. The molecule has 1 aromatic heterocycles. The molecule has 126 valence electrons. The van der Waals surface area contributed by atoms with Gasteiger partial charge in [-0.1, -0.05) is 18.2 Å². The first-order valence-electron chi connectivity index (χ1n) is 8.10. The Morgan fingerprint density at radius 3 is 2.52 bits per heavy atom. The molecule has 0 saturated heterocycles. The van der Waals surface area contributed by atoms with Crippen molar-refractivity contribution in [3.8, 4) is 22.6 Å². The van der Waals surface area contributed by atoms with Crippen LogP contribution in [0.3, 0.4) is 0 Å². The SMILES string of the molecule is Fc1ccc(-c2nc(-c3ccccc3F)[nH]c2C2=CCOCC2)cc1. The molecule has 1 aliphatic heterocycles. The molecule has 3 nitrogen and oxygen atoms in total. The molecule has 0 spiro atoms. The molecular formula is C20H16F2N2O. The minimum atomic E-state index is -0.339. The number of rotatable bonds is 3. The van der Waals surface area contributed by atoms with Crippen LogP contribution in [0.2, 0.25) is 0 Å². The largest absolute Gasteiger partial charge is 0.377 e. The Morgan fingerprint density at radius 1 is 1.00 bits per heavy atom. The molecule has 0 aliphatic carbocycles. The van der Waals surface area contributed by atoms with Crippen LogP contribution in [0.25, 0.3) is 28.2 Å². The van der Waals surface area contributed by atoms with E-state index < -0.39 is 0 Å². The predicted octanol–water partition coefficient (Wildman–Crippen LogP) is 4.83. The summed E-state index contributed by atoms with van der Waals surface area (Å²) in [5.74, 6) is -0.185. The number of imidazole rings is 1. The monoisotopic (exact) mass is 338 g/mol. The van der Waals surface area contributed by atoms with Gasteiger partial charge in [-0.2, -0.15) is 0 Å². The van der Waals surface area contributed by atoms with Crippen LogP contribution >= 0.6 is 0 Å². The van der Waals surface area contributed by atoms with Gasteiger partial charge >= 0.3 is 0 Å². The Hall–Kier alpha value is -2.79. The summed E-state index contributed by atoms with van der Waals surface area (Å²) in [5, 5.41) is 0. The van der Waals surface area contributed by atoms with E-state index >= 15 is 0 Å². The second kappa shape index (κ2) is 6.61. The normalized spacial score (nSPS) is 14.4. The maximum absolute atomic E-state index is 14.2. The first kappa shape index (κ1) is 15.7. The average molecular weight is 338 g/mol. The lowest BCUT2D eigenvalue weighted by molar-refractivity contribution is 0.161. The van der Waals surface area contributed by atoms with Crippen molar-refractivity contribution in [2.75, 3.05) is 13.2 Å². The third kappa shape index (κ3) is 3.10. The number of aromatic nitrogens is 2. The average Bonchev–Trinajstić information content (AvgIpc) is 3.08. The molecule has 4 rings (SSSR count). The number of aromatic amines is 1. The van der Waals surface area contributed by atoms with Gasteiger partial charge in [0.1, 0.15) is 17.5 Å². The lowest BCUT2D eigenvalue weighted by Gasteiger charge is -2.13. The highest BCUT2D eigenvalue weighted by Gasteiger charge is 2.19. The highest BCUT2D eigenvalue weighted by Crippen LogP contribution is 2.33. The van der Waals surface area contributed by atoms with Gasteiger partial charge in [-0.25, -0.2) is 13.8 Å². The van der Waals surface area contributed by atoms with Crippen LogP contribution < -0.4 is 0 Å². The molecule has 0 radical (unpaired) electrons. The van der Waals surface area contributed by atoms with Crippen LogP contribution in [0.15, 0.2) is 54.6 Å². The molecule has 0 saturated carbocycles. The molecular weight excluding hydrogens is 322 g/mol. The topological polar surface area (TPSA) is 37.9 Å². The van der Waals surface area contributed by atoms with E-state index in [-0.39, 0.29) is 11.6 Å². The van der Waals surface area contributed by atoms with E-state index in [4.69, 9.17) is 4.74 Å². The zero-order valence-corrected chi connectivity index (χ0v) is 13.4. The number of hydrogen-bond donors (Lipinski definition) is 1. The van der Waals surface area contributed by atoms with Crippen LogP contribution in [0.1, 0.15) is 12.1 Å². The molecule has 1 N–H and O–H groups in total. The van der Waals surface area contributed by atoms with E-state index in [0.717, 1.165) is 23.3 Å². The third-order valence-corrected chi connectivity index (χ3v) is 4.23. The van der Waals surface area contributed by atoms with Crippen molar-refractivity contribution in [3.05, 3.63) is 71.9 Å². The summed E-state index contributed by atoms with van der Waals surface area (Å²) in [5.41, 5.74) is 3.77. The van der Waals surface area contributed by atoms with Crippen LogP contribution in [0.5, 0.6) is 0 Å². The molecule has 5 heteroatoms. The van der Waals surface area contributed by atoms with Crippen LogP contribution in [-0.2, 0) is 4.74 Å². The van der Waals surface area contributed by atoms with Gasteiger partial charge in [0.05, 0.1) is 30.2 Å². The fourth-order valence-electron chi connectivity index (χ4n) is 2.96. The molecule has 0 atom stereocenters. The Bertz CT molecular complexity index is 929. The minimum Gasteiger partial charge on any atom is -0.377 e. The quantitative estimate of drug-likeness (QED) is 0.743. The maximum atomic E-state index is 14.2. The van der Waals surface area contributed by atoms with Crippen molar-refractivity contribution in [2.45, 2.75) is 6.42 Å². The van der Waals surface area contributed by atoms with Gasteiger partial charge < -0.3 is 9.72 Å². The number of ether oxygens (including phenoxy) is 1. The van der Waals surface area contributed by atoms with E-state index in [9.17, 15) is 8.78 Å². The fraction of sp³-hybridized carbons (Fsp3) is 0.150. The highest BCUT2D eigenvalue weighted by atomic mass is 19.1. The fourth-order valence-corrected chi connectivity index (χ4v) is 2.96. The second-order valence-corrected chi connectivity index (χ2v) is 5.85. The number of hydrogen-bond acceptors (Lipinski definition) is 2. The summed E-state index contributed by atoms with van der Waals surface area (Å²) in [7, 11) is 0. The molecule has 2 heterocycles. The summed E-state index contributed by atoms with van der Waals surface area (Å²) >= 11 is 0. The van der Waals surface area contributed by atoms with E-state index in [1.807, 2.05) is 6.08 Å². The van der Waals surface area contributed by atoms with Crippen molar-refractivity contribution in [1.82, 2.24) is 9.97 Å². The van der Waals surface area contributed by atoms with Crippen molar-refractivity contribution in [2.24, 2.45) is 0 Å². The summed E-state index contributed by atoms with van der Waals surface area (Å²) < 4.78 is 32.8. The zero-order chi connectivity index (χ0) is 17.2. The second-order valence-electron chi connectivity index (χ2n) is 5.85. The van der Waals surface area contributed by atoms with Crippen molar-refractivity contribution < 1.29 is 13.5 Å². The van der Waals surface area contributed by atoms with Gasteiger partial charge in [-0.05, 0) is 48.4 Å². The van der Waals surface area contributed by atoms with E-state index in [1.54, 1.807) is 30.3 Å². The summed E-state index contributed by atoms with van der Waals surface area (Å²) in [4.78, 5) is 7.87. The van der Waals surface area contributed by atoms with Crippen LogP contribution in [0, 0.1) is 11.6 Å². The van der Waals surface area contributed by atoms with Gasteiger partial charge in [0.2, 0.25) is 0 Å². The van der Waals surface area contributed by atoms with Gasteiger partial charge in [0, 0.05) is 5.56 Å². The molecule has 2 aromatic carbocycles. The van der Waals surface area contributed by atoms with Crippen LogP contribution in [-0.4, -0.2) is 23.2 Å². The number of nitrogens with one attached hydrogen (secondary N) is 1.